The first-order chi connectivity index (χ1) is 14.5. The van der Waals surface area contributed by atoms with E-state index in [1.165, 1.54) is 41.3 Å². The van der Waals surface area contributed by atoms with Gasteiger partial charge >= 0.3 is 0 Å². The predicted octanol–water partition coefficient (Wildman–Crippen LogP) is 5.43. The van der Waals surface area contributed by atoms with Gasteiger partial charge in [0.2, 0.25) is 5.91 Å². The Morgan fingerprint density at radius 3 is 2.47 bits per heavy atom. The molecule has 2 aromatic carbocycles. The molecule has 0 fully saturated rings. The van der Waals surface area contributed by atoms with Crippen LogP contribution in [-0.4, -0.2) is 47.7 Å². The van der Waals surface area contributed by atoms with Crippen molar-refractivity contribution in [3.8, 4) is 0 Å². The van der Waals surface area contributed by atoms with Crippen LogP contribution in [-0.2, 0) is 4.79 Å². The number of carbonyl (C=O) groups excluding carboxylic acids is 1. The van der Waals surface area contributed by atoms with Gasteiger partial charge in [0.25, 0.3) is 0 Å². The van der Waals surface area contributed by atoms with E-state index in [1.807, 2.05) is 6.07 Å². The fraction of sp³-hybridized carbons (Fsp3) is 0.364. The number of hydrogen-bond donors (Lipinski definition) is 0. The zero-order valence-corrected chi connectivity index (χ0v) is 18.7. The second kappa shape index (κ2) is 10.8. The number of carbonyl (C=O) groups is 1. The maximum Gasteiger partial charge on any atom is 0.229 e. The van der Waals surface area contributed by atoms with Gasteiger partial charge in [-0.3, -0.25) is 9.69 Å². The molecule has 1 aromatic heterocycles. The Balaban J connectivity index is 1.72. The molecule has 0 saturated carbocycles. The molecule has 1 heterocycles. The van der Waals surface area contributed by atoms with Crippen molar-refractivity contribution >= 4 is 44.4 Å². The smallest absolute Gasteiger partial charge is 0.229 e. The van der Waals surface area contributed by atoms with Crippen LogP contribution in [0.1, 0.15) is 20.3 Å². The fourth-order valence-corrected chi connectivity index (χ4v) is 4.91. The Kier molecular flexibility index (Phi) is 8.18. The zero-order chi connectivity index (χ0) is 21.5. The van der Waals surface area contributed by atoms with Crippen LogP contribution in [0.15, 0.2) is 47.4 Å². The molecule has 30 heavy (non-hydrogen) atoms. The number of benzene rings is 2. The number of aromatic nitrogens is 1. The van der Waals surface area contributed by atoms with Gasteiger partial charge in [-0.15, -0.1) is 11.8 Å². The SMILES string of the molecule is CCN(CC)CCN(C(=O)CCSc1ccc(F)cc1)c1nc2c(F)cccc2s1. The summed E-state index contributed by atoms with van der Waals surface area (Å²) < 4.78 is 27.9. The lowest BCUT2D eigenvalue weighted by molar-refractivity contribution is -0.118. The van der Waals surface area contributed by atoms with Gasteiger partial charge in [-0.25, -0.2) is 13.8 Å². The number of para-hydroxylation sites is 1. The van der Waals surface area contributed by atoms with Crippen LogP contribution in [0, 0.1) is 11.6 Å². The zero-order valence-electron chi connectivity index (χ0n) is 17.1. The fourth-order valence-electron chi connectivity index (χ4n) is 3.05. The Morgan fingerprint density at radius 2 is 1.80 bits per heavy atom. The maximum atomic E-state index is 14.1. The summed E-state index contributed by atoms with van der Waals surface area (Å²) in [4.78, 5) is 22.3. The lowest BCUT2D eigenvalue weighted by Gasteiger charge is -2.24. The Hall–Kier alpha value is -2.03. The summed E-state index contributed by atoms with van der Waals surface area (Å²) in [5, 5.41) is 0.527. The largest absolute Gasteiger partial charge is 0.302 e. The molecule has 0 radical (unpaired) electrons. The maximum absolute atomic E-state index is 14.1. The highest BCUT2D eigenvalue weighted by atomic mass is 32.2. The Labute approximate surface area is 183 Å². The van der Waals surface area contributed by atoms with Gasteiger partial charge in [-0.2, -0.15) is 0 Å². The van der Waals surface area contributed by atoms with Crippen molar-refractivity contribution < 1.29 is 13.6 Å². The second-order valence-electron chi connectivity index (χ2n) is 6.71. The lowest BCUT2D eigenvalue weighted by Crippen LogP contribution is -2.39. The van der Waals surface area contributed by atoms with E-state index in [-0.39, 0.29) is 17.5 Å². The predicted molar refractivity (Wildman–Crippen MR) is 121 cm³/mol. The van der Waals surface area contributed by atoms with E-state index in [2.05, 4.69) is 23.7 Å². The molecule has 0 saturated heterocycles. The van der Waals surface area contributed by atoms with Gasteiger partial charge < -0.3 is 4.90 Å². The summed E-state index contributed by atoms with van der Waals surface area (Å²) in [6, 6.07) is 11.1. The van der Waals surface area contributed by atoms with Crippen LogP contribution in [0.5, 0.6) is 0 Å². The minimum absolute atomic E-state index is 0.0452. The molecule has 0 N–H and O–H groups in total. The first-order valence-electron chi connectivity index (χ1n) is 9.98. The van der Waals surface area contributed by atoms with Crippen molar-refractivity contribution in [1.82, 2.24) is 9.88 Å². The standard InChI is InChI=1S/C22H25F2N3OS2/c1-3-26(4-2)13-14-27(22-25-21-18(24)6-5-7-19(21)30-22)20(28)12-15-29-17-10-8-16(23)9-11-17/h5-11H,3-4,12-15H2,1-2H3. The molecule has 8 heteroatoms. The van der Waals surface area contributed by atoms with E-state index in [1.54, 1.807) is 23.1 Å². The van der Waals surface area contributed by atoms with Crippen LogP contribution >= 0.6 is 23.1 Å². The summed E-state index contributed by atoms with van der Waals surface area (Å²) in [5.41, 5.74) is 0.304. The van der Waals surface area contributed by atoms with E-state index in [0.717, 1.165) is 29.2 Å². The van der Waals surface area contributed by atoms with Gasteiger partial charge in [-0.1, -0.05) is 31.3 Å². The van der Waals surface area contributed by atoms with Crippen LogP contribution in [0.2, 0.25) is 0 Å². The molecule has 0 aliphatic heterocycles. The molecule has 0 spiro atoms. The number of thiazole rings is 1. The minimum atomic E-state index is -0.377. The summed E-state index contributed by atoms with van der Waals surface area (Å²) in [6.45, 7) is 7.19. The molecular weight excluding hydrogens is 424 g/mol. The minimum Gasteiger partial charge on any atom is -0.302 e. The molecule has 160 valence electrons. The van der Waals surface area contributed by atoms with Crippen LogP contribution in [0.25, 0.3) is 10.2 Å². The molecule has 0 unspecified atom stereocenters. The van der Waals surface area contributed by atoms with Crippen molar-refractivity contribution in [2.45, 2.75) is 25.2 Å². The number of likely N-dealkylation sites (N-methyl/N-ethyl adjacent to an activating group) is 1. The summed E-state index contributed by atoms with van der Waals surface area (Å²) >= 11 is 2.84. The number of hydrogen-bond acceptors (Lipinski definition) is 5. The van der Waals surface area contributed by atoms with Crippen molar-refractivity contribution in [3.63, 3.8) is 0 Å². The molecule has 1 amide bonds. The summed E-state index contributed by atoms with van der Waals surface area (Å²) in [7, 11) is 0. The number of thioether (sulfide) groups is 1. The molecule has 0 atom stereocenters. The number of nitrogens with zero attached hydrogens (tertiary/aromatic N) is 3. The molecule has 0 aliphatic rings. The second-order valence-corrected chi connectivity index (χ2v) is 8.89. The molecule has 4 nitrogen and oxygen atoms in total. The highest BCUT2D eigenvalue weighted by Crippen LogP contribution is 2.31. The van der Waals surface area contributed by atoms with E-state index >= 15 is 0 Å². The lowest BCUT2D eigenvalue weighted by atomic mass is 10.3. The third kappa shape index (κ3) is 5.77. The van der Waals surface area contributed by atoms with Crippen LogP contribution < -0.4 is 4.90 Å². The van der Waals surface area contributed by atoms with Crippen LogP contribution in [0.3, 0.4) is 0 Å². The Morgan fingerprint density at radius 1 is 1.07 bits per heavy atom. The van der Waals surface area contributed by atoms with Crippen molar-refractivity contribution in [3.05, 3.63) is 54.1 Å². The third-order valence-electron chi connectivity index (χ3n) is 4.82. The molecule has 0 bridgehead atoms. The molecule has 3 rings (SSSR count). The van der Waals surface area contributed by atoms with Gasteiger partial charge in [0.05, 0.1) is 4.70 Å². The normalized spacial score (nSPS) is 11.4. The molecular formula is C22H25F2N3OS2. The third-order valence-corrected chi connectivity index (χ3v) is 6.88. The number of amides is 1. The molecule has 0 aliphatic carbocycles. The first-order valence-corrected chi connectivity index (χ1v) is 11.8. The van der Waals surface area contributed by atoms with E-state index in [9.17, 15) is 13.6 Å². The number of fused-ring (bicyclic) bond motifs is 1. The van der Waals surface area contributed by atoms with Gasteiger partial charge in [-0.05, 0) is 49.5 Å². The number of anilines is 1. The highest BCUT2D eigenvalue weighted by Gasteiger charge is 2.21. The van der Waals surface area contributed by atoms with E-state index < -0.39 is 0 Å². The monoisotopic (exact) mass is 449 g/mol. The summed E-state index contributed by atoms with van der Waals surface area (Å²) in [5.74, 6) is -0.124. The first kappa shape index (κ1) is 22.7. The summed E-state index contributed by atoms with van der Waals surface area (Å²) in [6.07, 6.45) is 0.318. The average Bonchev–Trinajstić information content (AvgIpc) is 3.18. The topological polar surface area (TPSA) is 36.4 Å². The number of rotatable bonds is 10. The quantitative estimate of drug-likeness (QED) is 0.387. The van der Waals surface area contributed by atoms with E-state index in [4.69, 9.17) is 0 Å². The van der Waals surface area contributed by atoms with Crippen LogP contribution in [0.4, 0.5) is 13.9 Å². The van der Waals surface area contributed by atoms with Crippen molar-refractivity contribution in [1.29, 1.82) is 0 Å². The van der Waals surface area contributed by atoms with Crippen molar-refractivity contribution in [2.24, 2.45) is 0 Å². The van der Waals surface area contributed by atoms with E-state index in [0.29, 0.717) is 29.4 Å². The highest BCUT2D eigenvalue weighted by molar-refractivity contribution is 7.99. The Bertz CT molecular complexity index is 974. The van der Waals surface area contributed by atoms with Crippen molar-refractivity contribution in [2.75, 3.05) is 36.8 Å². The van der Waals surface area contributed by atoms with Gasteiger partial charge in [0.1, 0.15) is 17.2 Å². The molecule has 3 aromatic rings. The number of halogens is 2. The average molecular weight is 450 g/mol. The van der Waals surface area contributed by atoms with Gasteiger partial charge in [0.15, 0.2) is 5.13 Å². The van der Waals surface area contributed by atoms with Gasteiger partial charge in [0, 0.05) is 30.2 Å².